The summed E-state index contributed by atoms with van der Waals surface area (Å²) in [6.07, 6.45) is 0.898. The van der Waals surface area contributed by atoms with Crippen LogP contribution in [0, 0.1) is 0 Å². The lowest BCUT2D eigenvalue weighted by Gasteiger charge is -2.23. The molecular weight excluding hydrogens is 262 g/mol. The maximum atomic E-state index is 12.4. The molecule has 4 heteroatoms. The van der Waals surface area contributed by atoms with E-state index in [1.807, 2.05) is 54.6 Å². The second kappa shape index (κ2) is 7.33. The van der Waals surface area contributed by atoms with E-state index in [4.69, 9.17) is 5.73 Å². The number of para-hydroxylation sites is 2. The van der Waals surface area contributed by atoms with Crippen molar-refractivity contribution < 1.29 is 4.79 Å². The third-order valence-electron chi connectivity index (χ3n) is 3.22. The number of rotatable bonds is 5. The van der Waals surface area contributed by atoms with Crippen LogP contribution < -0.4 is 11.1 Å². The summed E-state index contributed by atoms with van der Waals surface area (Å²) in [7, 11) is 0. The third kappa shape index (κ3) is 4.24. The molecule has 2 rings (SSSR count). The number of nitrogens with two attached hydrogens (primary N) is 1. The molecule has 0 unspecified atom stereocenters. The maximum Gasteiger partial charge on any atom is 0.322 e. The number of carbonyl (C=O) groups is 1. The van der Waals surface area contributed by atoms with E-state index >= 15 is 0 Å². The fourth-order valence-electron chi connectivity index (χ4n) is 2.13. The number of hydrogen-bond donors (Lipinski definition) is 2. The van der Waals surface area contributed by atoms with Crippen molar-refractivity contribution in [2.24, 2.45) is 0 Å². The van der Waals surface area contributed by atoms with Crippen LogP contribution in [0.5, 0.6) is 0 Å². The number of nitrogen functional groups attached to an aromatic ring is 1. The molecule has 0 heterocycles. The van der Waals surface area contributed by atoms with E-state index in [1.54, 1.807) is 4.90 Å². The van der Waals surface area contributed by atoms with Gasteiger partial charge in [0.05, 0.1) is 0 Å². The van der Waals surface area contributed by atoms with Crippen LogP contribution in [0.15, 0.2) is 54.6 Å². The first-order valence-corrected chi connectivity index (χ1v) is 7.15. The number of hydrogen-bond acceptors (Lipinski definition) is 2. The molecule has 0 aliphatic carbocycles. The lowest BCUT2D eigenvalue weighted by molar-refractivity contribution is 0.209. The van der Waals surface area contributed by atoms with Gasteiger partial charge in [-0.25, -0.2) is 4.79 Å². The molecule has 0 fully saturated rings. The maximum absolute atomic E-state index is 12.4. The van der Waals surface area contributed by atoms with Gasteiger partial charge in [-0.1, -0.05) is 43.3 Å². The van der Waals surface area contributed by atoms with Gasteiger partial charge in [-0.05, 0) is 30.2 Å². The first-order valence-electron chi connectivity index (χ1n) is 7.15. The zero-order valence-electron chi connectivity index (χ0n) is 12.3. The predicted molar refractivity (Wildman–Crippen MR) is 87.0 cm³/mol. The van der Waals surface area contributed by atoms with Crippen LogP contribution in [0.1, 0.15) is 18.9 Å². The van der Waals surface area contributed by atoms with Crippen LogP contribution in [0.4, 0.5) is 16.2 Å². The molecule has 2 aromatic carbocycles. The molecule has 0 aliphatic heterocycles. The number of nitrogens with one attached hydrogen (secondary N) is 1. The normalized spacial score (nSPS) is 10.1. The van der Waals surface area contributed by atoms with Gasteiger partial charge in [0.1, 0.15) is 0 Å². The van der Waals surface area contributed by atoms with Gasteiger partial charge in [0.2, 0.25) is 0 Å². The van der Waals surface area contributed by atoms with Crippen molar-refractivity contribution in [2.75, 3.05) is 17.6 Å². The zero-order valence-corrected chi connectivity index (χ0v) is 12.3. The van der Waals surface area contributed by atoms with Crippen molar-refractivity contribution in [3.05, 3.63) is 60.2 Å². The van der Waals surface area contributed by atoms with Crippen LogP contribution in [0.2, 0.25) is 0 Å². The van der Waals surface area contributed by atoms with E-state index in [2.05, 4.69) is 12.2 Å². The Morgan fingerprint density at radius 2 is 1.76 bits per heavy atom. The Balaban J connectivity index is 2.08. The molecule has 2 amide bonds. The van der Waals surface area contributed by atoms with Crippen LogP contribution in [0.3, 0.4) is 0 Å². The lowest BCUT2D eigenvalue weighted by Crippen LogP contribution is -2.35. The monoisotopic (exact) mass is 283 g/mol. The van der Waals surface area contributed by atoms with Crippen LogP contribution in [-0.4, -0.2) is 17.5 Å². The second-order valence-electron chi connectivity index (χ2n) is 4.92. The summed E-state index contributed by atoms with van der Waals surface area (Å²) < 4.78 is 0. The number of amides is 2. The highest BCUT2D eigenvalue weighted by Crippen LogP contribution is 2.15. The van der Waals surface area contributed by atoms with Crippen molar-refractivity contribution >= 4 is 17.4 Å². The summed E-state index contributed by atoms with van der Waals surface area (Å²) in [5.74, 6) is 0. The van der Waals surface area contributed by atoms with E-state index in [0.717, 1.165) is 17.7 Å². The first kappa shape index (κ1) is 14.9. The third-order valence-corrected chi connectivity index (χ3v) is 3.22. The van der Waals surface area contributed by atoms with Crippen LogP contribution >= 0.6 is 0 Å². The number of urea groups is 1. The van der Waals surface area contributed by atoms with Crippen molar-refractivity contribution in [2.45, 2.75) is 19.9 Å². The van der Waals surface area contributed by atoms with Gasteiger partial charge in [0, 0.05) is 24.5 Å². The van der Waals surface area contributed by atoms with Gasteiger partial charge in [-0.15, -0.1) is 0 Å². The Morgan fingerprint density at radius 1 is 1.10 bits per heavy atom. The average Bonchev–Trinajstić information content (AvgIpc) is 2.50. The van der Waals surface area contributed by atoms with Crippen molar-refractivity contribution in [3.63, 3.8) is 0 Å². The molecule has 0 saturated heterocycles. The first-order chi connectivity index (χ1) is 10.2. The number of benzene rings is 2. The molecule has 0 bridgehead atoms. The minimum Gasteiger partial charge on any atom is -0.398 e. The van der Waals surface area contributed by atoms with Crippen molar-refractivity contribution in [3.8, 4) is 0 Å². The summed E-state index contributed by atoms with van der Waals surface area (Å²) in [5.41, 5.74) is 8.44. The molecule has 21 heavy (non-hydrogen) atoms. The Kier molecular flexibility index (Phi) is 5.21. The topological polar surface area (TPSA) is 58.4 Å². The fourth-order valence-corrected chi connectivity index (χ4v) is 2.13. The van der Waals surface area contributed by atoms with Crippen molar-refractivity contribution in [1.29, 1.82) is 0 Å². The van der Waals surface area contributed by atoms with E-state index in [1.165, 1.54) is 0 Å². The Bertz CT molecular complexity index is 584. The van der Waals surface area contributed by atoms with Gasteiger partial charge in [0.15, 0.2) is 0 Å². The van der Waals surface area contributed by atoms with Crippen molar-refractivity contribution in [1.82, 2.24) is 4.90 Å². The number of nitrogens with zero attached hydrogens (tertiary/aromatic N) is 1. The second-order valence-corrected chi connectivity index (χ2v) is 4.92. The Morgan fingerprint density at radius 3 is 2.43 bits per heavy atom. The molecule has 0 spiro atoms. The highest BCUT2D eigenvalue weighted by atomic mass is 16.2. The summed E-state index contributed by atoms with van der Waals surface area (Å²) in [5, 5.41) is 2.91. The molecule has 0 radical (unpaired) electrons. The molecule has 0 aliphatic rings. The number of anilines is 2. The van der Waals surface area contributed by atoms with Crippen LogP contribution in [0.25, 0.3) is 0 Å². The minimum absolute atomic E-state index is 0.105. The van der Waals surface area contributed by atoms with E-state index in [0.29, 0.717) is 18.8 Å². The predicted octanol–water partition coefficient (Wildman–Crippen LogP) is 3.71. The standard InChI is InChI=1S/C17H21N3O/c1-2-12-20(13-14-8-6-7-11-16(14)18)17(21)19-15-9-4-3-5-10-15/h3-11H,2,12-13,18H2,1H3,(H,19,21). The minimum atomic E-state index is -0.105. The van der Waals surface area contributed by atoms with Crippen LogP contribution in [-0.2, 0) is 6.54 Å². The van der Waals surface area contributed by atoms with E-state index in [9.17, 15) is 4.79 Å². The molecule has 3 N–H and O–H groups in total. The number of carbonyl (C=O) groups excluding carboxylic acids is 1. The molecule has 0 atom stereocenters. The Hall–Kier alpha value is -2.49. The van der Waals surface area contributed by atoms with Gasteiger partial charge in [-0.3, -0.25) is 0 Å². The highest BCUT2D eigenvalue weighted by molar-refractivity contribution is 5.89. The van der Waals surface area contributed by atoms with Gasteiger partial charge < -0.3 is 16.0 Å². The van der Waals surface area contributed by atoms with E-state index in [-0.39, 0.29) is 6.03 Å². The molecular formula is C17H21N3O. The smallest absolute Gasteiger partial charge is 0.322 e. The SMILES string of the molecule is CCCN(Cc1ccccc1N)C(=O)Nc1ccccc1. The molecule has 110 valence electrons. The highest BCUT2D eigenvalue weighted by Gasteiger charge is 2.14. The summed E-state index contributed by atoms with van der Waals surface area (Å²) in [6, 6.07) is 17.0. The van der Waals surface area contributed by atoms with Gasteiger partial charge in [0.25, 0.3) is 0 Å². The summed E-state index contributed by atoms with van der Waals surface area (Å²) >= 11 is 0. The zero-order chi connectivity index (χ0) is 15.1. The van der Waals surface area contributed by atoms with Gasteiger partial charge >= 0.3 is 6.03 Å². The molecule has 4 nitrogen and oxygen atoms in total. The molecule has 2 aromatic rings. The quantitative estimate of drug-likeness (QED) is 0.822. The Labute approximate surface area is 125 Å². The van der Waals surface area contributed by atoms with E-state index < -0.39 is 0 Å². The molecule has 0 aromatic heterocycles. The fraction of sp³-hybridized carbons (Fsp3) is 0.235. The molecule has 0 saturated carbocycles. The summed E-state index contributed by atoms with van der Waals surface area (Å²) in [4.78, 5) is 14.2. The lowest BCUT2D eigenvalue weighted by atomic mass is 10.1. The van der Waals surface area contributed by atoms with Gasteiger partial charge in [-0.2, -0.15) is 0 Å². The largest absolute Gasteiger partial charge is 0.398 e. The average molecular weight is 283 g/mol. The summed E-state index contributed by atoms with van der Waals surface area (Å²) in [6.45, 7) is 3.25.